The summed E-state index contributed by atoms with van der Waals surface area (Å²) in [6, 6.07) is 16.9. The fourth-order valence-electron chi connectivity index (χ4n) is 2.86. The van der Waals surface area contributed by atoms with Gasteiger partial charge < -0.3 is 20.1 Å². The number of rotatable bonds is 8. The minimum atomic E-state index is -4.51. The lowest BCUT2D eigenvalue weighted by molar-refractivity contribution is -0.137. The number of carbonyl (C=O) groups excluding carboxylic acids is 2. The summed E-state index contributed by atoms with van der Waals surface area (Å²) in [6.45, 7) is 0.831. The molecule has 0 saturated heterocycles. The van der Waals surface area contributed by atoms with Crippen molar-refractivity contribution in [3.8, 4) is 5.75 Å². The van der Waals surface area contributed by atoms with Crippen LogP contribution in [0, 0.1) is 0 Å². The van der Waals surface area contributed by atoms with E-state index in [1.54, 1.807) is 43.5 Å². The average Bonchev–Trinajstić information content (AvgIpc) is 2.79. The number of alkyl halides is 3. The molecular formula is C24H21F3N2O4. The van der Waals surface area contributed by atoms with Crippen LogP contribution in [0.15, 0.2) is 72.8 Å². The zero-order valence-electron chi connectivity index (χ0n) is 17.6. The standard InChI is InChI=1S/C24H21F3N2O4/c1-32-12-13-33-21-10-8-16(9-11-21)22(30)28-19-6-2-4-17(14-19)23(31)29-20-7-3-5-18(15-20)24(25,26)27/h2-11,14-15H,12-13H2,1H3,(H,28,30)(H,29,31). The summed E-state index contributed by atoms with van der Waals surface area (Å²) in [4.78, 5) is 25.0. The van der Waals surface area contributed by atoms with E-state index < -0.39 is 23.6 Å². The smallest absolute Gasteiger partial charge is 0.416 e. The Labute approximate surface area is 188 Å². The van der Waals surface area contributed by atoms with Crippen molar-refractivity contribution in [2.75, 3.05) is 31.0 Å². The molecule has 0 aromatic heterocycles. The van der Waals surface area contributed by atoms with Gasteiger partial charge in [0.2, 0.25) is 0 Å². The molecule has 3 aromatic rings. The van der Waals surface area contributed by atoms with Crippen molar-refractivity contribution in [3.63, 3.8) is 0 Å². The molecule has 0 unspecified atom stereocenters. The van der Waals surface area contributed by atoms with Crippen LogP contribution in [0.1, 0.15) is 26.3 Å². The van der Waals surface area contributed by atoms with Gasteiger partial charge >= 0.3 is 6.18 Å². The minimum absolute atomic E-state index is 0.0112. The SMILES string of the molecule is COCCOc1ccc(C(=O)Nc2cccc(C(=O)Nc3cccc(C(F)(F)F)c3)c2)cc1. The maximum atomic E-state index is 12.9. The van der Waals surface area contributed by atoms with Crippen LogP contribution in [-0.4, -0.2) is 32.1 Å². The number of anilines is 2. The van der Waals surface area contributed by atoms with Gasteiger partial charge in [-0.05, 0) is 60.7 Å². The van der Waals surface area contributed by atoms with Crippen molar-refractivity contribution < 1.29 is 32.2 Å². The Morgan fingerprint density at radius 1 is 0.788 bits per heavy atom. The lowest BCUT2D eigenvalue weighted by Gasteiger charge is -2.11. The molecule has 0 radical (unpaired) electrons. The Morgan fingerprint density at radius 3 is 2.03 bits per heavy atom. The summed E-state index contributed by atoms with van der Waals surface area (Å²) in [5, 5.41) is 5.13. The second-order valence-electron chi connectivity index (χ2n) is 6.93. The Kier molecular flexibility index (Phi) is 7.68. The largest absolute Gasteiger partial charge is 0.491 e. The van der Waals surface area contributed by atoms with Crippen molar-refractivity contribution >= 4 is 23.2 Å². The van der Waals surface area contributed by atoms with Crippen LogP contribution in [0.25, 0.3) is 0 Å². The monoisotopic (exact) mass is 458 g/mol. The number of methoxy groups -OCH3 is 1. The molecule has 9 heteroatoms. The van der Waals surface area contributed by atoms with Gasteiger partial charge in [-0.25, -0.2) is 0 Å². The molecule has 2 N–H and O–H groups in total. The lowest BCUT2D eigenvalue weighted by Crippen LogP contribution is -2.15. The van der Waals surface area contributed by atoms with E-state index in [2.05, 4.69) is 10.6 Å². The highest BCUT2D eigenvalue weighted by atomic mass is 19.4. The zero-order valence-corrected chi connectivity index (χ0v) is 17.6. The number of nitrogens with one attached hydrogen (secondary N) is 2. The van der Waals surface area contributed by atoms with Crippen molar-refractivity contribution in [3.05, 3.63) is 89.5 Å². The van der Waals surface area contributed by atoms with Gasteiger partial charge in [0.15, 0.2) is 0 Å². The average molecular weight is 458 g/mol. The van der Waals surface area contributed by atoms with Crippen LogP contribution >= 0.6 is 0 Å². The third-order valence-electron chi connectivity index (χ3n) is 4.50. The maximum absolute atomic E-state index is 12.9. The highest BCUT2D eigenvalue weighted by Crippen LogP contribution is 2.30. The van der Waals surface area contributed by atoms with Gasteiger partial charge in [-0.3, -0.25) is 9.59 Å². The van der Waals surface area contributed by atoms with Gasteiger partial charge in [-0.1, -0.05) is 12.1 Å². The predicted molar refractivity (Wildman–Crippen MR) is 118 cm³/mol. The van der Waals surface area contributed by atoms with Crippen LogP contribution < -0.4 is 15.4 Å². The molecule has 172 valence electrons. The van der Waals surface area contributed by atoms with Crippen molar-refractivity contribution in [2.45, 2.75) is 6.18 Å². The molecule has 3 rings (SSSR count). The minimum Gasteiger partial charge on any atom is -0.491 e. The van der Waals surface area contributed by atoms with Crippen LogP contribution in [-0.2, 0) is 10.9 Å². The number of halogens is 3. The first-order valence-electron chi connectivity index (χ1n) is 9.88. The van der Waals surface area contributed by atoms with Crippen molar-refractivity contribution in [1.82, 2.24) is 0 Å². The maximum Gasteiger partial charge on any atom is 0.416 e. The number of amides is 2. The van der Waals surface area contributed by atoms with Crippen LogP contribution in [0.2, 0.25) is 0 Å². The molecule has 0 aliphatic carbocycles. The fourth-order valence-corrected chi connectivity index (χ4v) is 2.86. The molecule has 33 heavy (non-hydrogen) atoms. The molecule has 0 bridgehead atoms. The Morgan fingerprint density at radius 2 is 1.39 bits per heavy atom. The van der Waals surface area contributed by atoms with Gasteiger partial charge in [0.05, 0.1) is 12.2 Å². The third kappa shape index (κ3) is 6.81. The third-order valence-corrected chi connectivity index (χ3v) is 4.50. The summed E-state index contributed by atoms with van der Waals surface area (Å²) in [6.07, 6.45) is -4.51. The summed E-state index contributed by atoms with van der Waals surface area (Å²) in [5.41, 5.74) is 0.0608. The van der Waals surface area contributed by atoms with Crippen molar-refractivity contribution in [1.29, 1.82) is 0 Å². The molecule has 0 saturated carbocycles. The molecule has 0 fully saturated rings. The number of ether oxygens (including phenoxy) is 2. The van der Waals surface area contributed by atoms with Crippen molar-refractivity contribution in [2.24, 2.45) is 0 Å². The second kappa shape index (κ2) is 10.6. The summed E-state index contributed by atoms with van der Waals surface area (Å²) >= 11 is 0. The van der Waals surface area contributed by atoms with E-state index in [1.165, 1.54) is 24.3 Å². The second-order valence-corrected chi connectivity index (χ2v) is 6.93. The van der Waals surface area contributed by atoms with Gasteiger partial charge in [0, 0.05) is 29.6 Å². The summed E-state index contributed by atoms with van der Waals surface area (Å²) < 4.78 is 49.0. The van der Waals surface area contributed by atoms with E-state index >= 15 is 0 Å². The first-order valence-corrected chi connectivity index (χ1v) is 9.88. The molecule has 0 aliphatic heterocycles. The Hall–Kier alpha value is -3.85. The highest BCUT2D eigenvalue weighted by Gasteiger charge is 2.30. The first-order chi connectivity index (χ1) is 15.8. The molecule has 0 atom stereocenters. The zero-order chi connectivity index (χ0) is 23.8. The van der Waals surface area contributed by atoms with E-state index in [0.29, 0.717) is 30.2 Å². The van der Waals surface area contributed by atoms with E-state index in [1.807, 2.05) is 0 Å². The molecule has 3 aromatic carbocycles. The Balaban J connectivity index is 1.64. The summed E-state index contributed by atoms with van der Waals surface area (Å²) in [5.74, 6) is -0.409. The normalized spacial score (nSPS) is 11.0. The molecule has 6 nitrogen and oxygen atoms in total. The number of hydrogen-bond acceptors (Lipinski definition) is 4. The van der Waals surface area contributed by atoms with Gasteiger partial charge in [0.25, 0.3) is 11.8 Å². The first kappa shape index (κ1) is 23.8. The Bertz CT molecular complexity index is 1120. The van der Waals surface area contributed by atoms with E-state index in [0.717, 1.165) is 12.1 Å². The highest BCUT2D eigenvalue weighted by molar-refractivity contribution is 6.07. The van der Waals surface area contributed by atoms with Crippen LogP contribution in [0.3, 0.4) is 0 Å². The molecule has 0 spiro atoms. The number of hydrogen-bond donors (Lipinski definition) is 2. The quantitative estimate of drug-likeness (QED) is 0.453. The van der Waals surface area contributed by atoms with E-state index in [-0.39, 0.29) is 11.3 Å². The topological polar surface area (TPSA) is 76.7 Å². The lowest BCUT2D eigenvalue weighted by atomic mass is 10.1. The van der Waals surface area contributed by atoms with Crippen LogP contribution in [0.4, 0.5) is 24.5 Å². The number of benzene rings is 3. The molecule has 0 heterocycles. The molecule has 0 aliphatic rings. The summed E-state index contributed by atoms with van der Waals surface area (Å²) in [7, 11) is 1.57. The van der Waals surface area contributed by atoms with E-state index in [4.69, 9.17) is 9.47 Å². The van der Waals surface area contributed by atoms with Gasteiger partial charge in [-0.2, -0.15) is 13.2 Å². The van der Waals surface area contributed by atoms with Gasteiger partial charge in [-0.15, -0.1) is 0 Å². The number of carbonyl (C=O) groups is 2. The molecule has 2 amide bonds. The predicted octanol–water partition coefficient (Wildman–Crippen LogP) is 5.24. The molecular weight excluding hydrogens is 437 g/mol. The van der Waals surface area contributed by atoms with Crippen LogP contribution in [0.5, 0.6) is 5.75 Å². The van der Waals surface area contributed by atoms with E-state index in [9.17, 15) is 22.8 Å². The van der Waals surface area contributed by atoms with Gasteiger partial charge in [0.1, 0.15) is 12.4 Å². The fraction of sp³-hybridized carbons (Fsp3) is 0.167.